The van der Waals surface area contributed by atoms with Gasteiger partial charge in [-0.2, -0.15) is 0 Å². The van der Waals surface area contributed by atoms with Gasteiger partial charge >= 0.3 is 6.03 Å². The molecule has 2 amide bonds. The molecular formula is C18H24F3N3O. The molecule has 2 saturated heterocycles. The number of benzene rings is 1. The highest BCUT2D eigenvalue weighted by atomic mass is 19.3. The first-order chi connectivity index (χ1) is 11.9. The number of nitrogens with one attached hydrogen (secondary N) is 1. The lowest BCUT2D eigenvalue weighted by molar-refractivity contribution is 0.0148. The molecule has 0 aliphatic carbocycles. The van der Waals surface area contributed by atoms with E-state index in [0.717, 1.165) is 43.7 Å². The monoisotopic (exact) mass is 355 g/mol. The molecule has 0 saturated carbocycles. The Balaban J connectivity index is 1.68. The van der Waals surface area contributed by atoms with Crippen molar-refractivity contribution in [2.75, 3.05) is 31.5 Å². The highest BCUT2D eigenvalue weighted by molar-refractivity contribution is 5.90. The summed E-state index contributed by atoms with van der Waals surface area (Å²) in [7, 11) is 0. The van der Waals surface area contributed by atoms with Gasteiger partial charge < -0.3 is 15.1 Å². The molecule has 1 aromatic carbocycles. The van der Waals surface area contributed by atoms with Crippen molar-refractivity contribution >= 4 is 11.7 Å². The number of carbonyl (C=O) groups is 1. The number of amides is 2. The van der Waals surface area contributed by atoms with Crippen LogP contribution in [0.15, 0.2) is 24.3 Å². The predicted molar refractivity (Wildman–Crippen MR) is 90.4 cm³/mol. The third-order valence-electron chi connectivity index (χ3n) is 4.92. The fraction of sp³-hybridized carbons (Fsp3) is 0.611. The summed E-state index contributed by atoms with van der Waals surface area (Å²) < 4.78 is 41.6. The normalized spacial score (nSPS) is 24.1. The fourth-order valence-electron chi connectivity index (χ4n) is 3.66. The van der Waals surface area contributed by atoms with Crippen molar-refractivity contribution in [3.8, 4) is 0 Å². The summed E-state index contributed by atoms with van der Waals surface area (Å²) in [6.45, 7) is 1.59. The average molecular weight is 355 g/mol. The van der Waals surface area contributed by atoms with Crippen molar-refractivity contribution in [3.05, 3.63) is 30.1 Å². The van der Waals surface area contributed by atoms with Crippen molar-refractivity contribution < 1.29 is 18.0 Å². The maximum Gasteiger partial charge on any atom is 0.322 e. The summed E-state index contributed by atoms with van der Waals surface area (Å²) in [5, 5.41) is 2.43. The molecule has 0 radical (unpaired) electrons. The van der Waals surface area contributed by atoms with Crippen molar-refractivity contribution in [2.24, 2.45) is 0 Å². The number of rotatable bonds is 3. The number of halogens is 3. The van der Waals surface area contributed by atoms with Crippen LogP contribution in [0, 0.1) is 5.82 Å². The van der Waals surface area contributed by atoms with E-state index in [0.29, 0.717) is 6.54 Å². The Morgan fingerprint density at radius 1 is 1.16 bits per heavy atom. The minimum absolute atomic E-state index is 0.0104. The third kappa shape index (κ3) is 4.66. The summed E-state index contributed by atoms with van der Waals surface area (Å²) in [6, 6.07) is 4.53. The molecule has 2 heterocycles. The molecule has 4 nitrogen and oxygen atoms in total. The van der Waals surface area contributed by atoms with E-state index < -0.39 is 30.4 Å². The average Bonchev–Trinajstić information content (AvgIpc) is 2.73. The van der Waals surface area contributed by atoms with Gasteiger partial charge in [0.2, 0.25) is 0 Å². The molecule has 7 heteroatoms. The van der Waals surface area contributed by atoms with E-state index in [2.05, 4.69) is 10.2 Å². The highest BCUT2D eigenvalue weighted by Gasteiger charge is 2.47. The standard InChI is InChI=1S/C18H24F3N3O/c19-15-7-3-4-8-16(15)22-17(25)24-13-18(20,21)11-14(24)12-23-9-5-1-2-6-10-23/h3-4,7-8,14H,1-2,5-6,9-13H2,(H,22,25)/t14-/m0/s1. The maximum absolute atomic E-state index is 13.9. The summed E-state index contributed by atoms with van der Waals surface area (Å²) in [6.07, 6.45) is 4.10. The molecule has 25 heavy (non-hydrogen) atoms. The van der Waals surface area contributed by atoms with E-state index in [1.807, 2.05) is 0 Å². The molecule has 138 valence electrons. The molecule has 0 spiro atoms. The van der Waals surface area contributed by atoms with Crippen molar-refractivity contribution in [2.45, 2.75) is 44.1 Å². The first kappa shape index (κ1) is 18.0. The largest absolute Gasteiger partial charge is 0.322 e. The molecule has 2 fully saturated rings. The molecule has 1 aromatic rings. The van der Waals surface area contributed by atoms with E-state index in [1.165, 1.54) is 18.2 Å². The summed E-state index contributed by atoms with van der Waals surface area (Å²) >= 11 is 0. The van der Waals surface area contributed by atoms with Crippen LogP contribution in [0.3, 0.4) is 0 Å². The second-order valence-corrected chi connectivity index (χ2v) is 6.97. The Bertz CT molecular complexity index is 603. The number of nitrogens with zero attached hydrogens (tertiary/aromatic N) is 2. The van der Waals surface area contributed by atoms with Crippen LogP contribution < -0.4 is 5.32 Å². The molecule has 2 aliphatic heterocycles. The van der Waals surface area contributed by atoms with Crippen LogP contribution in [-0.4, -0.2) is 54.0 Å². The molecule has 3 rings (SSSR count). The molecule has 1 atom stereocenters. The Hall–Kier alpha value is -1.76. The van der Waals surface area contributed by atoms with Gasteiger partial charge in [0.05, 0.1) is 18.3 Å². The van der Waals surface area contributed by atoms with Gasteiger partial charge in [0.15, 0.2) is 0 Å². The lowest BCUT2D eigenvalue weighted by Crippen LogP contribution is -2.45. The molecule has 0 unspecified atom stereocenters. The van der Waals surface area contributed by atoms with Gasteiger partial charge in [-0.05, 0) is 38.1 Å². The van der Waals surface area contributed by atoms with E-state index >= 15 is 0 Å². The van der Waals surface area contributed by atoms with Crippen LogP contribution in [0.2, 0.25) is 0 Å². The van der Waals surface area contributed by atoms with Crippen LogP contribution in [0.4, 0.5) is 23.7 Å². The quantitative estimate of drug-likeness (QED) is 0.891. The number of hydrogen-bond acceptors (Lipinski definition) is 2. The van der Waals surface area contributed by atoms with Crippen LogP contribution in [0.1, 0.15) is 32.1 Å². The zero-order valence-electron chi connectivity index (χ0n) is 14.2. The lowest BCUT2D eigenvalue weighted by atomic mass is 10.1. The third-order valence-corrected chi connectivity index (χ3v) is 4.92. The number of para-hydroxylation sites is 1. The van der Waals surface area contributed by atoms with Gasteiger partial charge in [-0.15, -0.1) is 0 Å². The Morgan fingerprint density at radius 3 is 2.52 bits per heavy atom. The maximum atomic E-state index is 13.9. The van der Waals surface area contributed by atoms with Crippen molar-refractivity contribution in [1.82, 2.24) is 9.80 Å². The van der Waals surface area contributed by atoms with E-state index in [-0.39, 0.29) is 12.1 Å². The number of anilines is 1. The lowest BCUT2D eigenvalue weighted by Gasteiger charge is -2.29. The van der Waals surface area contributed by atoms with E-state index in [9.17, 15) is 18.0 Å². The number of carbonyl (C=O) groups excluding carboxylic acids is 1. The van der Waals surface area contributed by atoms with Crippen molar-refractivity contribution in [3.63, 3.8) is 0 Å². The van der Waals surface area contributed by atoms with E-state index in [1.54, 1.807) is 6.07 Å². The first-order valence-electron chi connectivity index (χ1n) is 8.87. The molecule has 1 N–H and O–H groups in total. The van der Waals surface area contributed by atoms with Crippen LogP contribution in [-0.2, 0) is 0 Å². The molecule has 0 bridgehead atoms. The van der Waals surface area contributed by atoms with Gasteiger partial charge in [-0.25, -0.2) is 18.0 Å². The van der Waals surface area contributed by atoms with Crippen LogP contribution in [0.5, 0.6) is 0 Å². The molecule has 2 aliphatic rings. The van der Waals surface area contributed by atoms with Gasteiger partial charge in [0, 0.05) is 13.0 Å². The zero-order chi connectivity index (χ0) is 17.9. The predicted octanol–water partition coefficient (Wildman–Crippen LogP) is 3.94. The van der Waals surface area contributed by atoms with Gasteiger partial charge in [-0.1, -0.05) is 25.0 Å². The number of alkyl halides is 2. The van der Waals surface area contributed by atoms with Gasteiger partial charge in [0.25, 0.3) is 5.92 Å². The second kappa shape index (κ2) is 7.64. The SMILES string of the molecule is O=C(Nc1ccccc1F)N1CC(F)(F)C[C@H]1CN1CCCCCC1. The summed E-state index contributed by atoms with van der Waals surface area (Å²) in [4.78, 5) is 15.8. The van der Waals surface area contributed by atoms with Crippen LogP contribution in [0.25, 0.3) is 0 Å². The Kier molecular flexibility index (Phi) is 5.51. The van der Waals surface area contributed by atoms with E-state index in [4.69, 9.17) is 0 Å². The summed E-state index contributed by atoms with van der Waals surface area (Å²) in [5.41, 5.74) is 0.0104. The first-order valence-corrected chi connectivity index (χ1v) is 8.87. The number of hydrogen-bond donors (Lipinski definition) is 1. The zero-order valence-corrected chi connectivity index (χ0v) is 14.2. The highest BCUT2D eigenvalue weighted by Crippen LogP contribution is 2.33. The Labute approximate surface area is 146 Å². The van der Waals surface area contributed by atoms with Gasteiger partial charge in [0.1, 0.15) is 5.82 Å². The number of likely N-dealkylation sites (tertiary alicyclic amines) is 2. The smallest absolute Gasteiger partial charge is 0.314 e. The van der Waals surface area contributed by atoms with Crippen molar-refractivity contribution in [1.29, 1.82) is 0 Å². The molecule has 0 aromatic heterocycles. The van der Waals surface area contributed by atoms with Gasteiger partial charge in [-0.3, -0.25) is 0 Å². The summed E-state index contributed by atoms with van der Waals surface area (Å²) in [5.74, 6) is -3.48. The Morgan fingerprint density at radius 2 is 1.84 bits per heavy atom. The fourth-order valence-corrected chi connectivity index (χ4v) is 3.66. The topological polar surface area (TPSA) is 35.6 Å². The minimum Gasteiger partial charge on any atom is -0.314 e. The minimum atomic E-state index is -2.90. The van der Waals surface area contributed by atoms with Crippen LogP contribution >= 0.6 is 0 Å². The second-order valence-electron chi connectivity index (χ2n) is 6.97. The number of urea groups is 1. The molecular weight excluding hydrogens is 331 g/mol.